The van der Waals surface area contributed by atoms with Gasteiger partial charge in [-0.25, -0.2) is 0 Å². The van der Waals surface area contributed by atoms with Gasteiger partial charge < -0.3 is 9.47 Å². The van der Waals surface area contributed by atoms with E-state index in [2.05, 4.69) is 15.9 Å². The van der Waals surface area contributed by atoms with E-state index in [1.165, 1.54) is 25.3 Å². The first-order valence-electron chi connectivity index (χ1n) is 10.4. The Morgan fingerprint density at radius 2 is 1.77 bits per heavy atom. The molecule has 1 fully saturated rings. The highest BCUT2D eigenvalue weighted by atomic mass is 79.9. The monoisotopic (exact) mass is 554 g/mol. The van der Waals surface area contributed by atoms with Crippen molar-refractivity contribution < 1.29 is 24.0 Å². The highest BCUT2D eigenvalue weighted by molar-refractivity contribution is 9.10. The first-order chi connectivity index (χ1) is 16.9. The molecule has 0 aromatic heterocycles. The van der Waals surface area contributed by atoms with E-state index in [9.17, 15) is 19.7 Å². The number of amides is 2. The fourth-order valence-corrected chi connectivity index (χ4v) is 4.66. The third kappa shape index (κ3) is 5.55. The summed E-state index contributed by atoms with van der Waals surface area (Å²) in [4.78, 5) is 38.0. The summed E-state index contributed by atoms with van der Waals surface area (Å²) in [5.41, 5.74) is 1.51. The van der Waals surface area contributed by atoms with Crippen LogP contribution in [0.2, 0.25) is 0 Å². The number of ether oxygens (including phenoxy) is 2. The molecule has 1 saturated heterocycles. The molecule has 1 aliphatic rings. The molecule has 178 valence electrons. The quantitative estimate of drug-likeness (QED) is 0.186. The molecule has 8 nitrogen and oxygen atoms in total. The zero-order valence-electron chi connectivity index (χ0n) is 18.5. The summed E-state index contributed by atoms with van der Waals surface area (Å²) in [6, 6.07) is 19.3. The second-order valence-corrected chi connectivity index (χ2v) is 9.30. The Morgan fingerprint density at radius 3 is 2.46 bits per heavy atom. The van der Waals surface area contributed by atoms with Crippen molar-refractivity contribution in [3.05, 3.63) is 103 Å². The van der Waals surface area contributed by atoms with Crippen molar-refractivity contribution in [3.8, 4) is 11.5 Å². The van der Waals surface area contributed by atoms with Gasteiger partial charge in [-0.1, -0.05) is 64.5 Å². The summed E-state index contributed by atoms with van der Waals surface area (Å²) in [6.45, 7) is 0.280. The van der Waals surface area contributed by atoms with E-state index in [1.807, 2.05) is 48.5 Å². The Balaban J connectivity index is 1.62. The summed E-state index contributed by atoms with van der Waals surface area (Å²) in [7, 11) is 1.42. The fraction of sp³-hybridized carbons (Fsp3) is 0.120. The van der Waals surface area contributed by atoms with Crippen molar-refractivity contribution in [1.29, 1.82) is 0 Å². The van der Waals surface area contributed by atoms with Crippen molar-refractivity contribution in [2.24, 2.45) is 0 Å². The molecule has 0 atom stereocenters. The predicted molar refractivity (Wildman–Crippen MR) is 136 cm³/mol. The fourth-order valence-electron chi connectivity index (χ4n) is 3.42. The number of nitro benzene ring substituents is 1. The van der Waals surface area contributed by atoms with Gasteiger partial charge in [0, 0.05) is 4.47 Å². The lowest BCUT2D eigenvalue weighted by Gasteiger charge is -2.13. The largest absolute Gasteiger partial charge is 0.493 e. The molecule has 0 unspecified atom stereocenters. The maximum Gasteiger partial charge on any atom is 0.293 e. The smallest absolute Gasteiger partial charge is 0.293 e. The number of nitro groups is 1. The van der Waals surface area contributed by atoms with Crippen LogP contribution in [0, 0.1) is 10.1 Å². The summed E-state index contributed by atoms with van der Waals surface area (Å²) < 4.78 is 11.9. The van der Waals surface area contributed by atoms with Crippen LogP contribution in [0.15, 0.2) is 76.1 Å². The van der Waals surface area contributed by atoms with Gasteiger partial charge in [0.25, 0.3) is 16.8 Å². The van der Waals surface area contributed by atoms with Crippen molar-refractivity contribution >= 4 is 50.6 Å². The van der Waals surface area contributed by atoms with Crippen LogP contribution >= 0.6 is 27.7 Å². The Morgan fingerprint density at radius 1 is 1.06 bits per heavy atom. The summed E-state index contributed by atoms with van der Waals surface area (Å²) in [5, 5.41) is 11.4. The summed E-state index contributed by atoms with van der Waals surface area (Å²) in [5.74, 6) is -0.0547. The van der Waals surface area contributed by atoms with Crippen LogP contribution < -0.4 is 9.47 Å². The van der Waals surface area contributed by atoms with E-state index < -0.39 is 16.1 Å². The highest BCUT2D eigenvalue weighted by Gasteiger charge is 2.36. The number of imide groups is 1. The van der Waals surface area contributed by atoms with E-state index in [0.717, 1.165) is 32.3 Å². The van der Waals surface area contributed by atoms with Crippen LogP contribution in [0.5, 0.6) is 11.5 Å². The molecule has 1 heterocycles. The number of hydrogen-bond donors (Lipinski definition) is 0. The number of methoxy groups -OCH3 is 1. The van der Waals surface area contributed by atoms with Crippen molar-refractivity contribution in [2.75, 3.05) is 7.11 Å². The van der Waals surface area contributed by atoms with Crippen molar-refractivity contribution in [1.82, 2.24) is 4.90 Å². The summed E-state index contributed by atoms with van der Waals surface area (Å²) >= 11 is 4.15. The number of nitrogens with zero attached hydrogens (tertiary/aromatic N) is 2. The minimum Gasteiger partial charge on any atom is -0.493 e. The molecular formula is C25H19BrN2O6S. The Hall–Kier alpha value is -3.63. The Kier molecular flexibility index (Phi) is 7.52. The second kappa shape index (κ2) is 10.7. The third-order valence-electron chi connectivity index (χ3n) is 5.19. The first kappa shape index (κ1) is 24.5. The molecule has 3 aromatic rings. The van der Waals surface area contributed by atoms with Gasteiger partial charge in [-0.15, -0.1) is 0 Å². The topological polar surface area (TPSA) is 99.0 Å². The lowest BCUT2D eigenvalue weighted by atomic mass is 10.1. The van der Waals surface area contributed by atoms with Crippen LogP contribution in [0.4, 0.5) is 10.5 Å². The van der Waals surface area contributed by atoms with E-state index in [1.54, 1.807) is 6.07 Å². The van der Waals surface area contributed by atoms with Crippen LogP contribution in [0.1, 0.15) is 16.7 Å². The molecule has 4 rings (SSSR count). The minimum atomic E-state index is -0.564. The second-order valence-electron chi connectivity index (χ2n) is 7.45. The average Bonchev–Trinajstić information content (AvgIpc) is 3.12. The molecular weight excluding hydrogens is 536 g/mol. The molecule has 0 saturated carbocycles. The molecule has 2 amide bonds. The van der Waals surface area contributed by atoms with Crippen LogP contribution in [-0.4, -0.2) is 28.1 Å². The molecule has 35 heavy (non-hydrogen) atoms. The van der Waals surface area contributed by atoms with Gasteiger partial charge in [0.1, 0.15) is 6.61 Å². The van der Waals surface area contributed by atoms with Gasteiger partial charge in [0.05, 0.1) is 35.1 Å². The Labute approximate surface area is 213 Å². The number of benzene rings is 3. The molecule has 0 bridgehead atoms. The average molecular weight is 555 g/mol. The van der Waals surface area contributed by atoms with Gasteiger partial charge in [-0.2, -0.15) is 0 Å². The van der Waals surface area contributed by atoms with Crippen molar-refractivity contribution in [2.45, 2.75) is 13.2 Å². The van der Waals surface area contributed by atoms with Crippen molar-refractivity contribution in [3.63, 3.8) is 0 Å². The SMILES string of the molecule is COc1cc(/C=C2/SC(=O)N(Cc3ccccc3Br)C2=O)c([N+](=O)[O-])cc1OCc1ccccc1. The lowest BCUT2D eigenvalue weighted by Crippen LogP contribution is -2.27. The van der Waals surface area contributed by atoms with Gasteiger partial charge in [0.2, 0.25) is 0 Å². The van der Waals surface area contributed by atoms with Gasteiger partial charge >= 0.3 is 0 Å². The molecule has 0 N–H and O–H groups in total. The van der Waals surface area contributed by atoms with E-state index in [4.69, 9.17) is 9.47 Å². The number of rotatable bonds is 8. The standard InChI is InChI=1S/C25H19BrN2O6S/c1-33-21-11-18(20(28(31)32)13-22(21)34-15-16-7-3-2-4-8-16)12-23-24(29)27(25(30)35-23)14-17-9-5-6-10-19(17)26/h2-13H,14-15H2,1H3/b23-12+. The number of halogens is 1. The van der Waals surface area contributed by atoms with E-state index in [0.29, 0.717) is 0 Å². The molecule has 10 heteroatoms. The number of carbonyl (C=O) groups is 2. The number of carbonyl (C=O) groups excluding carboxylic acids is 2. The van der Waals surface area contributed by atoms with Crippen LogP contribution in [-0.2, 0) is 17.9 Å². The molecule has 0 radical (unpaired) electrons. The molecule has 1 aliphatic heterocycles. The van der Waals surface area contributed by atoms with E-state index in [-0.39, 0.29) is 40.8 Å². The number of thioether (sulfide) groups is 1. The zero-order valence-corrected chi connectivity index (χ0v) is 20.9. The molecule has 0 spiro atoms. The lowest BCUT2D eigenvalue weighted by molar-refractivity contribution is -0.385. The minimum absolute atomic E-state index is 0.0844. The van der Waals surface area contributed by atoms with Crippen LogP contribution in [0.25, 0.3) is 6.08 Å². The van der Waals surface area contributed by atoms with Gasteiger partial charge in [-0.3, -0.25) is 24.6 Å². The molecule has 0 aliphatic carbocycles. The van der Waals surface area contributed by atoms with E-state index >= 15 is 0 Å². The normalized spacial score (nSPS) is 14.5. The zero-order chi connectivity index (χ0) is 24.9. The maximum absolute atomic E-state index is 13.0. The molecule has 3 aromatic carbocycles. The predicted octanol–water partition coefficient (Wildman–Crippen LogP) is 6.18. The maximum atomic E-state index is 13.0. The third-order valence-corrected chi connectivity index (χ3v) is 6.87. The van der Waals surface area contributed by atoms with Gasteiger partial charge in [0.15, 0.2) is 11.5 Å². The number of hydrogen-bond acceptors (Lipinski definition) is 7. The summed E-state index contributed by atoms with van der Waals surface area (Å²) in [6.07, 6.45) is 1.34. The van der Waals surface area contributed by atoms with Crippen LogP contribution in [0.3, 0.4) is 0 Å². The van der Waals surface area contributed by atoms with Gasteiger partial charge in [-0.05, 0) is 41.1 Å². The first-order valence-corrected chi connectivity index (χ1v) is 12.0. The Bertz CT molecular complexity index is 1330. The highest BCUT2D eigenvalue weighted by Crippen LogP contribution is 2.39.